The number of aliphatic hydroxyl groups excluding tert-OH is 2. The number of ether oxygens (including phenoxy) is 5. The molecule has 1 aromatic heterocycles. The second kappa shape index (κ2) is 10.8. The molecule has 1 spiro atoms. The van der Waals surface area contributed by atoms with Gasteiger partial charge in [-0.1, -0.05) is 32.1 Å². The van der Waals surface area contributed by atoms with Crippen LogP contribution in [0.5, 0.6) is 0 Å². The summed E-state index contributed by atoms with van der Waals surface area (Å²) in [7, 11) is 3.00. The summed E-state index contributed by atoms with van der Waals surface area (Å²) in [5, 5.41) is 22.6. The van der Waals surface area contributed by atoms with Crippen LogP contribution in [-0.2, 0) is 28.5 Å². The van der Waals surface area contributed by atoms with Crippen LogP contribution < -0.4 is 0 Å². The Bertz CT molecular complexity index is 1120. The first-order valence-corrected chi connectivity index (χ1v) is 13.6. The Labute approximate surface area is 228 Å². The molecule has 2 aliphatic heterocycles. The van der Waals surface area contributed by atoms with Crippen LogP contribution >= 0.6 is 0 Å². The van der Waals surface area contributed by atoms with Gasteiger partial charge in [0.2, 0.25) is 0 Å². The zero-order valence-electron chi connectivity index (χ0n) is 23.0. The predicted molar refractivity (Wildman–Crippen MR) is 138 cm³/mol. The van der Waals surface area contributed by atoms with Crippen molar-refractivity contribution < 1.29 is 43.5 Å². The van der Waals surface area contributed by atoms with Gasteiger partial charge < -0.3 is 38.9 Å². The lowest BCUT2D eigenvalue weighted by atomic mass is 9.56. The van der Waals surface area contributed by atoms with Crippen molar-refractivity contribution in [1.29, 1.82) is 0 Å². The van der Waals surface area contributed by atoms with Crippen molar-refractivity contribution in [2.45, 2.75) is 56.9 Å². The number of H-pyrrole nitrogens is 1. The maximum Gasteiger partial charge on any atom is 0.355 e. The molecule has 3 N–H and O–H groups in total. The van der Waals surface area contributed by atoms with Crippen LogP contribution in [0.3, 0.4) is 0 Å². The summed E-state index contributed by atoms with van der Waals surface area (Å²) in [6.07, 6.45) is 3.57. The third kappa shape index (κ3) is 4.46. The van der Waals surface area contributed by atoms with Crippen molar-refractivity contribution in [1.82, 2.24) is 4.98 Å². The predicted octanol–water partition coefficient (Wildman–Crippen LogP) is 1.88. The quantitative estimate of drug-likeness (QED) is 0.347. The van der Waals surface area contributed by atoms with E-state index >= 15 is 0 Å². The van der Waals surface area contributed by atoms with E-state index in [0.29, 0.717) is 5.69 Å². The molecule has 2 aliphatic carbocycles. The lowest BCUT2D eigenvalue weighted by molar-refractivity contribution is -0.173. The number of methoxy groups -OCH3 is 2. The van der Waals surface area contributed by atoms with Gasteiger partial charge in [-0.2, -0.15) is 0 Å². The second-order valence-corrected chi connectivity index (χ2v) is 11.4. The summed E-state index contributed by atoms with van der Waals surface area (Å²) in [6.45, 7) is 5.75. The summed E-state index contributed by atoms with van der Waals surface area (Å²) in [6, 6.07) is 3.36. The molecule has 1 saturated carbocycles. The highest BCUT2D eigenvalue weighted by molar-refractivity contribution is 5.87. The fourth-order valence-corrected chi connectivity index (χ4v) is 7.39. The van der Waals surface area contributed by atoms with E-state index in [0.717, 1.165) is 5.57 Å². The summed E-state index contributed by atoms with van der Waals surface area (Å²) >= 11 is 0. The summed E-state index contributed by atoms with van der Waals surface area (Å²) in [5.74, 6) is -3.72. The molecule has 1 saturated heterocycles. The fraction of sp³-hybridized carbons (Fsp3) is 0.655. The molecule has 4 bridgehead atoms. The lowest BCUT2D eigenvalue weighted by Gasteiger charge is -2.49. The standard InChI is InChI=1S/C29H39NO9/c1-14-11-15(2)29-19(18(12-35-4)27(33)37-24(14)21(31)13-36-5)9-8-17-22(29)23(32)16(3)25(26(17)39-29)38-28(34)20-7-6-10-30-20/h6-11,14,16-19,21-26,30-32H,12-13H2,1-5H3/b15-11+/t14-,16-,17-,18-,19-,21-,22+,23-,24+,25?,26-,29+/m1/s1. The molecular formula is C29H39NO9. The molecule has 0 amide bonds. The largest absolute Gasteiger partial charge is 0.459 e. The fourth-order valence-electron chi connectivity index (χ4n) is 7.39. The van der Waals surface area contributed by atoms with Gasteiger partial charge in [-0.15, -0.1) is 0 Å². The Morgan fingerprint density at radius 1 is 1.23 bits per heavy atom. The molecule has 2 fully saturated rings. The lowest BCUT2D eigenvalue weighted by Crippen LogP contribution is -2.58. The Morgan fingerprint density at radius 2 is 2.00 bits per heavy atom. The van der Waals surface area contributed by atoms with E-state index in [-0.39, 0.29) is 31.0 Å². The number of rotatable bonds is 7. The van der Waals surface area contributed by atoms with Gasteiger partial charge in [0, 0.05) is 50.0 Å². The number of hydrogen-bond donors (Lipinski definition) is 3. The summed E-state index contributed by atoms with van der Waals surface area (Å²) in [4.78, 5) is 29.5. The molecule has 39 heavy (non-hydrogen) atoms. The van der Waals surface area contributed by atoms with Gasteiger partial charge in [0.05, 0.1) is 25.2 Å². The average molecular weight is 546 g/mol. The molecule has 5 rings (SSSR count). The Balaban J connectivity index is 1.59. The Morgan fingerprint density at radius 3 is 2.67 bits per heavy atom. The first-order valence-electron chi connectivity index (χ1n) is 13.6. The number of esters is 2. The second-order valence-electron chi connectivity index (χ2n) is 11.4. The van der Waals surface area contributed by atoms with Crippen LogP contribution in [0.4, 0.5) is 0 Å². The summed E-state index contributed by atoms with van der Waals surface area (Å²) in [5.41, 5.74) is 0.0869. The first kappa shape index (κ1) is 28.0. The zero-order valence-corrected chi connectivity index (χ0v) is 23.0. The van der Waals surface area contributed by atoms with E-state index in [1.54, 1.807) is 18.3 Å². The van der Waals surface area contributed by atoms with Crippen molar-refractivity contribution in [3.63, 3.8) is 0 Å². The normalized spacial score (nSPS) is 43.3. The molecule has 0 aromatic carbocycles. The van der Waals surface area contributed by atoms with E-state index in [1.807, 2.05) is 39.0 Å². The van der Waals surface area contributed by atoms with Crippen molar-refractivity contribution in [3.05, 3.63) is 47.8 Å². The van der Waals surface area contributed by atoms with Crippen molar-refractivity contribution >= 4 is 11.9 Å². The van der Waals surface area contributed by atoms with E-state index < -0.39 is 65.8 Å². The van der Waals surface area contributed by atoms with Crippen molar-refractivity contribution in [2.24, 2.45) is 35.5 Å². The van der Waals surface area contributed by atoms with Crippen LogP contribution in [0.2, 0.25) is 0 Å². The van der Waals surface area contributed by atoms with Gasteiger partial charge >= 0.3 is 11.9 Å². The highest BCUT2D eigenvalue weighted by atomic mass is 16.6. The van der Waals surface area contributed by atoms with Crippen LogP contribution in [0.1, 0.15) is 31.3 Å². The van der Waals surface area contributed by atoms with Crippen LogP contribution in [-0.4, -0.2) is 90.7 Å². The average Bonchev–Trinajstić information content (AvgIpc) is 3.51. The van der Waals surface area contributed by atoms with E-state index in [4.69, 9.17) is 23.7 Å². The minimum Gasteiger partial charge on any atom is -0.459 e. The molecule has 10 heteroatoms. The molecule has 3 heterocycles. The van der Waals surface area contributed by atoms with Gasteiger partial charge in [0.15, 0.2) is 0 Å². The smallest absolute Gasteiger partial charge is 0.355 e. The zero-order chi connectivity index (χ0) is 28.1. The molecule has 12 atom stereocenters. The van der Waals surface area contributed by atoms with Crippen LogP contribution in [0, 0.1) is 35.5 Å². The number of hydrogen-bond acceptors (Lipinski definition) is 9. The molecule has 214 valence electrons. The van der Waals surface area contributed by atoms with Crippen molar-refractivity contribution in [2.75, 3.05) is 27.4 Å². The molecule has 0 radical (unpaired) electrons. The number of cyclic esters (lactones) is 1. The van der Waals surface area contributed by atoms with Gasteiger partial charge in [0.25, 0.3) is 0 Å². The third-order valence-electron chi connectivity index (χ3n) is 9.16. The van der Waals surface area contributed by atoms with Gasteiger partial charge in [-0.05, 0) is 24.6 Å². The van der Waals surface area contributed by atoms with E-state index in [1.165, 1.54) is 14.2 Å². The monoisotopic (exact) mass is 545 g/mol. The molecule has 10 nitrogen and oxygen atoms in total. The van der Waals surface area contributed by atoms with Gasteiger partial charge in [-0.25, -0.2) is 4.79 Å². The molecular weight excluding hydrogens is 506 g/mol. The molecule has 1 aromatic rings. The number of aromatic amines is 1. The highest BCUT2D eigenvalue weighted by Crippen LogP contribution is 2.61. The van der Waals surface area contributed by atoms with Crippen molar-refractivity contribution in [3.8, 4) is 0 Å². The van der Waals surface area contributed by atoms with Gasteiger partial charge in [0.1, 0.15) is 35.7 Å². The Kier molecular flexibility index (Phi) is 7.78. The topological polar surface area (TPSA) is 137 Å². The first-order chi connectivity index (χ1) is 18.6. The minimum atomic E-state index is -1.07. The van der Waals surface area contributed by atoms with E-state index in [9.17, 15) is 19.8 Å². The minimum absolute atomic E-state index is 0.00591. The number of nitrogens with one attached hydrogen (secondary N) is 1. The van der Waals surface area contributed by atoms with Crippen LogP contribution in [0.15, 0.2) is 42.1 Å². The van der Waals surface area contributed by atoms with Crippen LogP contribution in [0.25, 0.3) is 0 Å². The number of aromatic nitrogens is 1. The maximum absolute atomic E-state index is 13.7. The van der Waals surface area contributed by atoms with E-state index in [2.05, 4.69) is 4.98 Å². The summed E-state index contributed by atoms with van der Waals surface area (Å²) < 4.78 is 29.5. The molecule has 1 unspecified atom stereocenters. The highest BCUT2D eigenvalue weighted by Gasteiger charge is 2.70. The Hall–Kier alpha value is -2.50. The van der Waals surface area contributed by atoms with Gasteiger partial charge in [-0.3, -0.25) is 4.79 Å². The third-order valence-corrected chi connectivity index (χ3v) is 9.16. The SMILES string of the molecule is COC[C@@H](O)[C@H]1OC(=O)[C@H](COC)[C@H]2C=C[C@@H]3[C@H]4[C@H](O)[C@@H](C)C(OC(=O)c5ccc[nH]5)[C@@H]3O[C@]42/C(C)=C/[C@H]1C. The maximum atomic E-state index is 13.7. The molecule has 4 aliphatic rings. The number of carbonyl (C=O) groups is 2. The number of aliphatic hydroxyl groups is 2. The number of carbonyl (C=O) groups excluding carboxylic acids is 2.